The van der Waals surface area contributed by atoms with Crippen LogP contribution in [0.3, 0.4) is 0 Å². The highest BCUT2D eigenvalue weighted by molar-refractivity contribution is 9.10. The molecule has 3 aromatic rings. The van der Waals surface area contributed by atoms with E-state index in [1.54, 1.807) is 73.8 Å². The molecule has 0 aliphatic carbocycles. The Kier molecular flexibility index (Phi) is 10.2. The van der Waals surface area contributed by atoms with E-state index in [0.717, 1.165) is 28.2 Å². The third-order valence-corrected chi connectivity index (χ3v) is 6.35. The number of benzene rings is 3. The third-order valence-electron chi connectivity index (χ3n) is 5.29. The number of hydrogen-bond donors (Lipinski definition) is 2. The molecular weight excluding hydrogens is 576 g/mol. The van der Waals surface area contributed by atoms with Crippen molar-refractivity contribution >= 4 is 43.7 Å². The molecule has 2 N–H and O–H groups in total. The zero-order valence-electron chi connectivity index (χ0n) is 19.6. The molecule has 35 heavy (non-hydrogen) atoms. The van der Waals surface area contributed by atoms with Gasteiger partial charge in [-0.1, -0.05) is 57.7 Å². The van der Waals surface area contributed by atoms with Crippen molar-refractivity contribution in [2.75, 3.05) is 13.7 Å². The summed E-state index contributed by atoms with van der Waals surface area (Å²) in [6, 6.07) is 19.4. The molecule has 0 fully saturated rings. The molecule has 184 valence electrons. The zero-order valence-corrected chi connectivity index (χ0v) is 22.8. The van der Waals surface area contributed by atoms with Crippen LogP contribution in [0.4, 0.5) is 0 Å². The van der Waals surface area contributed by atoms with Crippen LogP contribution in [0.15, 0.2) is 75.7 Å². The van der Waals surface area contributed by atoms with Crippen molar-refractivity contribution in [1.29, 1.82) is 0 Å². The number of carbonyl (C=O) groups excluding carboxylic acids is 2. The highest BCUT2D eigenvalue weighted by atomic mass is 79.9. The van der Waals surface area contributed by atoms with E-state index in [-0.39, 0.29) is 11.8 Å². The largest absolute Gasteiger partial charge is 0.493 e. The van der Waals surface area contributed by atoms with Gasteiger partial charge in [-0.15, -0.1) is 0 Å². The van der Waals surface area contributed by atoms with E-state index < -0.39 is 6.17 Å². The predicted molar refractivity (Wildman–Crippen MR) is 144 cm³/mol. The highest BCUT2D eigenvalue weighted by Crippen LogP contribution is 2.30. The van der Waals surface area contributed by atoms with Crippen LogP contribution in [-0.2, 0) is 0 Å². The smallest absolute Gasteiger partial charge is 0.253 e. The lowest BCUT2D eigenvalue weighted by atomic mass is 10.1. The molecule has 0 saturated heterocycles. The second-order valence-corrected chi connectivity index (χ2v) is 9.69. The lowest BCUT2D eigenvalue weighted by molar-refractivity contribution is 0.0883. The number of amides is 2. The number of carbonyl (C=O) groups is 2. The first-order valence-electron chi connectivity index (χ1n) is 11.3. The molecule has 3 rings (SSSR count). The molecule has 3 aromatic carbocycles. The number of methoxy groups -OCH3 is 1. The Bertz CT molecular complexity index is 1080. The van der Waals surface area contributed by atoms with Gasteiger partial charge in [-0.05, 0) is 72.6 Å². The first-order valence-corrected chi connectivity index (χ1v) is 12.9. The second-order valence-electron chi connectivity index (χ2n) is 7.86. The van der Waals surface area contributed by atoms with Crippen LogP contribution >= 0.6 is 31.9 Å². The van der Waals surface area contributed by atoms with Crippen LogP contribution in [-0.4, -0.2) is 25.5 Å². The van der Waals surface area contributed by atoms with Crippen LogP contribution in [0.25, 0.3) is 0 Å². The average molecular weight is 604 g/mol. The molecule has 0 aromatic heterocycles. The Labute approximate surface area is 222 Å². The third kappa shape index (κ3) is 7.83. The Balaban J connectivity index is 1.88. The number of hydrogen-bond acceptors (Lipinski definition) is 4. The summed E-state index contributed by atoms with van der Waals surface area (Å²) in [5.74, 6) is 0.504. The Morgan fingerprint density at radius 1 is 0.800 bits per heavy atom. The summed E-state index contributed by atoms with van der Waals surface area (Å²) in [6.07, 6.45) is 2.28. The van der Waals surface area contributed by atoms with Crippen molar-refractivity contribution < 1.29 is 19.1 Å². The standard InChI is InChI=1S/C27H28Br2N2O4/c1-3-4-5-16-35-24-17-20(10-15-23(24)34-2)25(30-26(32)18-6-11-21(28)12-7-18)31-27(33)19-8-13-22(29)14-9-19/h6-15,17,25H,3-5,16H2,1-2H3,(H,30,32)(H,31,33). The van der Waals surface area contributed by atoms with Gasteiger partial charge in [-0.2, -0.15) is 0 Å². The summed E-state index contributed by atoms with van der Waals surface area (Å²) in [4.78, 5) is 26.0. The Morgan fingerprint density at radius 3 is 1.83 bits per heavy atom. The van der Waals surface area contributed by atoms with Crippen molar-refractivity contribution in [2.24, 2.45) is 0 Å². The maximum atomic E-state index is 13.0. The van der Waals surface area contributed by atoms with E-state index in [4.69, 9.17) is 9.47 Å². The number of unbranched alkanes of at least 4 members (excludes halogenated alkanes) is 2. The van der Waals surface area contributed by atoms with E-state index in [1.165, 1.54) is 0 Å². The molecule has 0 spiro atoms. The molecule has 0 aliphatic rings. The minimum Gasteiger partial charge on any atom is -0.493 e. The first-order chi connectivity index (χ1) is 16.9. The molecule has 0 saturated carbocycles. The van der Waals surface area contributed by atoms with Gasteiger partial charge in [0.1, 0.15) is 6.17 Å². The molecule has 6 nitrogen and oxygen atoms in total. The van der Waals surface area contributed by atoms with Gasteiger partial charge in [0.2, 0.25) is 0 Å². The number of nitrogens with one attached hydrogen (secondary N) is 2. The second kappa shape index (κ2) is 13.3. The van der Waals surface area contributed by atoms with Gasteiger partial charge in [-0.25, -0.2) is 0 Å². The maximum Gasteiger partial charge on any atom is 0.253 e. The van der Waals surface area contributed by atoms with Crippen molar-refractivity contribution in [2.45, 2.75) is 32.4 Å². The molecule has 8 heteroatoms. The summed E-state index contributed by atoms with van der Waals surface area (Å²) in [5.41, 5.74) is 1.61. The van der Waals surface area contributed by atoms with Crippen LogP contribution in [0.1, 0.15) is 58.6 Å². The lowest BCUT2D eigenvalue weighted by Crippen LogP contribution is -2.41. The van der Waals surface area contributed by atoms with Gasteiger partial charge < -0.3 is 20.1 Å². The summed E-state index contributed by atoms with van der Waals surface area (Å²) < 4.78 is 13.2. The molecule has 0 radical (unpaired) electrons. The van der Waals surface area contributed by atoms with Gasteiger partial charge in [0.25, 0.3) is 11.8 Å². The monoisotopic (exact) mass is 602 g/mol. The van der Waals surface area contributed by atoms with E-state index in [0.29, 0.717) is 34.8 Å². The van der Waals surface area contributed by atoms with E-state index in [9.17, 15) is 9.59 Å². The average Bonchev–Trinajstić information content (AvgIpc) is 2.86. The number of halogens is 2. The summed E-state index contributed by atoms with van der Waals surface area (Å²) in [5, 5.41) is 5.86. The summed E-state index contributed by atoms with van der Waals surface area (Å²) >= 11 is 6.76. The van der Waals surface area contributed by atoms with Crippen molar-refractivity contribution in [1.82, 2.24) is 10.6 Å². The Morgan fingerprint density at radius 2 is 1.34 bits per heavy atom. The normalized spacial score (nSPS) is 10.7. The van der Waals surface area contributed by atoms with Crippen LogP contribution < -0.4 is 20.1 Å². The molecule has 0 unspecified atom stereocenters. The van der Waals surface area contributed by atoms with Crippen LogP contribution in [0.5, 0.6) is 11.5 Å². The van der Waals surface area contributed by atoms with E-state index in [1.807, 2.05) is 0 Å². The summed E-state index contributed by atoms with van der Waals surface area (Å²) in [6.45, 7) is 2.68. The SMILES string of the molecule is CCCCCOc1cc(C(NC(=O)c2ccc(Br)cc2)NC(=O)c2ccc(Br)cc2)ccc1OC. The quantitative estimate of drug-likeness (QED) is 0.190. The molecular formula is C27H28Br2N2O4. The van der Waals surface area contributed by atoms with Crippen molar-refractivity contribution in [3.63, 3.8) is 0 Å². The molecule has 0 atom stereocenters. The molecule has 0 aliphatic heterocycles. The van der Waals surface area contributed by atoms with Crippen molar-refractivity contribution in [3.8, 4) is 11.5 Å². The fourth-order valence-electron chi connectivity index (χ4n) is 3.35. The predicted octanol–water partition coefficient (Wildman–Crippen LogP) is 6.65. The van der Waals surface area contributed by atoms with Gasteiger partial charge in [-0.3, -0.25) is 9.59 Å². The van der Waals surface area contributed by atoms with Gasteiger partial charge in [0.15, 0.2) is 11.5 Å². The number of ether oxygens (including phenoxy) is 2. The molecule has 2 amide bonds. The highest BCUT2D eigenvalue weighted by Gasteiger charge is 2.21. The minimum atomic E-state index is -0.800. The first kappa shape index (κ1) is 26.8. The maximum absolute atomic E-state index is 13.0. The fraction of sp³-hybridized carbons (Fsp3) is 0.259. The van der Waals surface area contributed by atoms with Crippen LogP contribution in [0.2, 0.25) is 0 Å². The fourth-order valence-corrected chi connectivity index (χ4v) is 3.88. The topological polar surface area (TPSA) is 76.7 Å². The summed E-state index contributed by atoms with van der Waals surface area (Å²) in [7, 11) is 1.58. The van der Waals surface area contributed by atoms with Gasteiger partial charge in [0.05, 0.1) is 13.7 Å². The zero-order chi connectivity index (χ0) is 25.2. The molecule has 0 heterocycles. The van der Waals surface area contributed by atoms with Gasteiger partial charge >= 0.3 is 0 Å². The lowest BCUT2D eigenvalue weighted by Gasteiger charge is -2.22. The molecule has 0 bridgehead atoms. The number of rotatable bonds is 11. The Hall–Kier alpha value is -2.84. The minimum absolute atomic E-state index is 0.320. The van der Waals surface area contributed by atoms with Crippen LogP contribution in [0, 0.1) is 0 Å². The van der Waals surface area contributed by atoms with E-state index >= 15 is 0 Å². The van der Waals surface area contributed by atoms with Gasteiger partial charge in [0, 0.05) is 20.1 Å². The van der Waals surface area contributed by atoms with E-state index in [2.05, 4.69) is 49.4 Å². The van der Waals surface area contributed by atoms with Crippen molar-refractivity contribution in [3.05, 3.63) is 92.4 Å².